The number of rotatable bonds is 5. The van der Waals surface area contributed by atoms with E-state index in [1.165, 1.54) is 5.56 Å². The lowest BCUT2D eigenvalue weighted by molar-refractivity contribution is 0.261. The molecule has 0 aliphatic carbocycles. The van der Waals surface area contributed by atoms with Crippen LogP contribution >= 0.6 is 11.6 Å². The first kappa shape index (κ1) is 14.8. The molecule has 5 heteroatoms. The van der Waals surface area contributed by atoms with Crippen molar-refractivity contribution < 1.29 is 4.52 Å². The highest BCUT2D eigenvalue weighted by Gasteiger charge is 2.10. The fraction of sp³-hybridized carbons (Fsp3) is 0.176. The molecule has 4 nitrogen and oxygen atoms in total. The van der Waals surface area contributed by atoms with E-state index < -0.39 is 0 Å². The average molecular weight is 314 g/mol. The number of nitrogens with zero attached hydrogens (tertiary/aromatic N) is 3. The molecule has 0 radical (unpaired) electrons. The highest BCUT2D eigenvalue weighted by molar-refractivity contribution is 6.30. The maximum Gasteiger partial charge on any atom is 0.241 e. The summed E-state index contributed by atoms with van der Waals surface area (Å²) in [7, 11) is 2.01. The summed E-state index contributed by atoms with van der Waals surface area (Å²) < 4.78 is 5.32. The molecule has 0 saturated heterocycles. The fourth-order valence-electron chi connectivity index (χ4n) is 2.21. The summed E-state index contributed by atoms with van der Waals surface area (Å²) >= 11 is 5.89. The number of halogens is 1. The molecule has 0 bridgehead atoms. The Morgan fingerprint density at radius 2 is 1.73 bits per heavy atom. The molecule has 3 rings (SSSR count). The summed E-state index contributed by atoms with van der Waals surface area (Å²) in [6.07, 6.45) is 0. The molecule has 1 heterocycles. The molecule has 0 saturated carbocycles. The monoisotopic (exact) mass is 313 g/mol. The van der Waals surface area contributed by atoms with Crippen molar-refractivity contribution in [2.24, 2.45) is 0 Å². The van der Waals surface area contributed by atoms with E-state index in [-0.39, 0.29) is 0 Å². The van der Waals surface area contributed by atoms with E-state index in [9.17, 15) is 0 Å². The topological polar surface area (TPSA) is 42.2 Å². The maximum atomic E-state index is 5.89. The highest BCUT2D eigenvalue weighted by Crippen LogP contribution is 2.16. The molecule has 0 atom stereocenters. The van der Waals surface area contributed by atoms with Gasteiger partial charge in [-0.15, -0.1) is 0 Å². The van der Waals surface area contributed by atoms with Crippen molar-refractivity contribution in [1.29, 1.82) is 0 Å². The minimum Gasteiger partial charge on any atom is -0.338 e. The molecular weight excluding hydrogens is 298 g/mol. The summed E-state index contributed by atoms with van der Waals surface area (Å²) in [5.74, 6) is 1.23. The molecule has 0 fully saturated rings. The van der Waals surface area contributed by atoms with E-state index in [4.69, 9.17) is 16.1 Å². The van der Waals surface area contributed by atoms with Gasteiger partial charge >= 0.3 is 0 Å². The van der Waals surface area contributed by atoms with Crippen molar-refractivity contribution in [2.45, 2.75) is 13.1 Å². The number of hydrogen-bond acceptors (Lipinski definition) is 4. The minimum atomic E-state index is 0.600. The zero-order valence-corrected chi connectivity index (χ0v) is 13.0. The Kier molecular flexibility index (Phi) is 4.51. The van der Waals surface area contributed by atoms with Gasteiger partial charge in [-0.25, -0.2) is 0 Å². The van der Waals surface area contributed by atoms with Gasteiger partial charge in [-0.3, -0.25) is 4.90 Å². The van der Waals surface area contributed by atoms with Gasteiger partial charge in [0.05, 0.1) is 6.54 Å². The van der Waals surface area contributed by atoms with Gasteiger partial charge in [0.2, 0.25) is 11.7 Å². The van der Waals surface area contributed by atoms with Crippen molar-refractivity contribution in [3.63, 3.8) is 0 Å². The second-order valence-corrected chi connectivity index (χ2v) is 5.61. The Hall–Kier alpha value is -2.17. The molecule has 0 aliphatic heterocycles. The summed E-state index contributed by atoms with van der Waals surface area (Å²) in [6.45, 7) is 1.39. The first-order chi connectivity index (χ1) is 10.7. The van der Waals surface area contributed by atoms with Crippen LogP contribution in [-0.2, 0) is 13.1 Å². The summed E-state index contributed by atoms with van der Waals surface area (Å²) in [6, 6.07) is 17.6. The number of benzene rings is 2. The van der Waals surface area contributed by atoms with Crippen LogP contribution in [0.3, 0.4) is 0 Å². The molecule has 3 aromatic rings. The predicted octanol–water partition coefficient (Wildman–Crippen LogP) is 4.02. The van der Waals surface area contributed by atoms with Gasteiger partial charge in [-0.05, 0) is 24.7 Å². The third-order valence-electron chi connectivity index (χ3n) is 3.27. The van der Waals surface area contributed by atoms with Crippen LogP contribution in [-0.4, -0.2) is 22.1 Å². The quantitative estimate of drug-likeness (QED) is 0.713. The first-order valence-electron chi connectivity index (χ1n) is 7.02. The lowest BCUT2D eigenvalue weighted by Gasteiger charge is -2.13. The molecule has 0 unspecified atom stereocenters. The maximum absolute atomic E-state index is 5.89. The first-order valence-corrected chi connectivity index (χ1v) is 7.39. The van der Waals surface area contributed by atoms with E-state index >= 15 is 0 Å². The largest absolute Gasteiger partial charge is 0.338 e. The predicted molar refractivity (Wildman–Crippen MR) is 86.4 cm³/mol. The van der Waals surface area contributed by atoms with E-state index in [0.29, 0.717) is 18.3 Å². The smallest absolute Gasteiger partial charge is 0.241 e. The third kappa shape index (κ3) is 3.72. The zero-order chi connectivity index (χ0) is 15.4. The second-order valence-electron chi connectivity index (χ2n) is 5.18. The highest BCUT2D eigenvalue weighted by atomic mass is 35.5. The molecule has 22 heavy (non-hydrogen) atoms. The Morgan fingerprint density at radius 1 is 1.00 bits per heavy atom. The lowest BCUT2D eigenvalue weighted by Crippen LogP contribution is -2.17. The van der Waals surface area contributed by atoms with Crippen LogP contribution in [0.2, 0.25) is 5.02 Å². The van der Waals surface area contributed by atoms with Crippen LogP contribution in [0.1, 0.15) is 11.5 Å². The van der Waals surface area contributed by atoms with Crippen molar-refractivity contribution in [3.05, 3.63) is 71.1 Å². The zero-order valence-electron chi connectivity index (χ0n) is 12.2. The molecule has 1 aromatic heterocycles. The minimum absolute atomic E-state index is 0.600. The van der Waals surface area contributed by atoms with Crippen LogP contribution in [0.4, 0.5) is 0 Å². The van der Waals surface area contributed by atoms with E-state index in [1.807, 2.05) is 61.6 Å². The number of aromatic nitrogens is 2. The van der Waals surface area contributed by atoms with Crippen LogP contribution in [0.5, 0.6) is 0 Å². The fourth-order valence-corrected chi connectivity index (χ4v) is 2.34. The summed E-state index contributed by atoms with van der Waals surface area (Å²) in [5, 5.41) is 4.77. The van der Waals surface area contributed by atoms with E-state index in [0.717, 1.165) is 17.1 Å². The van der Waals surface area contributed by atoms with Crippen molar-refractivity contribution >= 4 is 11.6 Å². The van der Waals surface area contributed by atoms with Gasteiger partial charge in [0.25, 0.3) is 0 Å². The van der Waals surface area contributed by atoms with Crippen molar-refractivity contribution in [3.8, 4) is 11.4 Å². The van der Waals surface area contributed by atoms with Gasteiger partial charge in [-0.2, -0.15) is 4.98 Å². The second kappa shape index (κ2) is 6.73. The van der Waals surface area contributed by atoms with Crippen molar-refractivity contribution in [1.82, 2.24) is 15.0 Å². The van der Waals surface area contributed by atoms with Gasteiger partial charge in [-0.1, -0.05) is 59.2 Å². The van der Waals surface area contributed by atoms with Crippen LogP contribution in [0.15, 0.2) is 59.1 Å². The normalized spacial score (nSPS) is 11.0. The SMILES string of the molecule is CN(Cc1ccc(Cl)cc1)Cc1nc(-c2ccccc2)no1. The number of hydrogen-bond donors (Lipinski definition) is 0. The lowest BCUT2D eigenvalue weighted by atomic mass is 10.2. The molecule has 2 aromatic carbocycles. The van der Waals surface area contributed by atoms with Gasteiger partial charge < -0.3 is 4.52 Å². The van der Waals surface area contributed by atoms with Crippen LogP contribution < -0.4 is 0 Å². The van der Waals surface area contributed by atoms with Gasteiger partial charge in [0, 0.05) is 17.1 Å². The molecule has 0 aliphatic rings. The third-order valence-corrected chi connectivity index (χ3v) is 3.52. The molecule has 112 valence electrons. The standard InChI is InChI=1S/C17H16ClN3O/c1-21(11-13-7-9-15(18)10-8-13)12-16-19-17(20-22-16)14-5-3-2-4-6-14/h2-10H,11-12H2,1H3. The Labute approximate surface area is 134 Å². The van der Waals surface area contributed by atoms with E-state index in [1.54, 1.807) is 0 Å². The Bertz CT molecular complexity index is 725. The summed E-state index contributed by atoms with van der Waals surface area (Å²) in [5.41, 5.74) is 2.15. The Morgan fingerprint density at radius 3 is 2.45 bits per heavy atom. The van der Waals surface area contributed by atoms with Crippen LogP contribution in [0.25, 0.3) is 11.4 Å². The van der Waals surface area contributed by atoms with Crippen molar-refractivity contribution in [2.75, 3.05) is 7.05 Å². The average Bonchev–Trinajstić information content (AvgIpc) is 2.99. The van der Waals surface area contributed by atoms with Gasteiger partial charge in [0.1, 0.15) is 0 Å². The molecule has 0 N–H and O–H groups in total. The van der Waals surface area contributed by atoms with E-state index in [2.05, 4.69) is 15.0 Å². The summed E-state index contributed by atoms with van der Waals surface area (Å²) in [4.78, 5) is 6.55. The molecule has 0 spiro atoms. The van der Waals surface area contributed by atoms with Crippen LogP contribution in [0, 0.1) is 0 Å². The molecular formula is C17H16ClN3O. The van der Waals surface area contributed by atoms with Gasteiger partial charge in [0.15, 0.2) is 0 Å². The molecule has 0 amide bonds. The Balaban J connectivity index is 1.63.